The van der Waals surface area contributed by atoms with Gasteiger partial charge in [-0.3, -0.25) is 0 Å². The molecule has 0 saturated heterocycles. The van der Waals surface area contributed by atoms with Gasteiger partial charge in [-0.15, -0.1) is 0 Å². The van der Waals surface area contributed by atoms with Crippen LogP contribution >= 0.6 is 0 Å². The van der Waals surface area contributed by atoms with Crippen molar-refractivity contribution in [2.75, 3.05) is 0 Å². The van der Waals surface area contributed by atoms with Crippen LogP contribution in [0, 0.1) is 0 Å². The van der Waals surface area contributed by atoms with Crippen molar-refractivity contribution in [1.29, 1.82) is 0 Å². The van der Waals surface area contributed by atoms with Crippen molar-refractivity contribution in [3.8, 4) is 28.7 Å². The Bertz CT molecular complexity index is 1720. The van der Waals surface area contributed by atoms with E-state index in [0.29, 0.717) is 41.9 Å². The first-order valence-corrected chi connectivity index (χ1v) is 13.8. The second kappa shape index (κ2) is 9.93. The van der Waals surface area contributed by atoms with Crippen molar-refractivity contribution in [3.05, 3.63) is 66.1 Å². The first kappa shape index (κ1) is 25.6. The largest absolute Gasteiger partial charge is 0.474 e. The Morgan fingerprint density at radius 2 is 1.78 bits per heavy atom. The van der Waals surface area contributed by atoms with E-state index < -0.39 is 11.9 Å². The first-order valence-electron chi connectivity index (χ1n) is 13.8. The third-order valence-electron chi connectivity index (χ3n) is 7.69. The summed E-state index contributed by atoms with van der Waals surface area (Å²) in [5.74, 6) is 1.68. The molecule has 9 nitrogen and oxygen atoms in total. The van der Waals surface area contributed by atoms with Crippen molar-refractivity contribution in [1.82, 2.24) is 39.3 Å². The molecular weight excluding hydrogens is 533 g/mol. The zero-order valence-electron chi connectivity index (χ0n) is 22.3. The van der Waals surface area contributed by atoms with Crippen LogP contribution in [0.25, 0.3) is 33.8 Å². The molecule has 210 valence electrons. The number of halogens is 3. The van der Waals surface area contributed by atoms with Gasteiger partial charge in [-0.2, -0.15) is 18.3 Å². The lowest BCUT2D eigenvalue weighted by atomic mass is 9.96. The third-order valence-corrected chi connectivity index (χ3v) is 7.69. The van der Waals surface area contributed by atoms with Gasteiger partial charge in [0.25, 0.3) is 0 Å². The number of aryl methyl sites for hydroxylation is 1. The van der Waals surface area contributed by atoms with Crippen LogP contribution in [0.15, 0.2) is 49.2 Å². The van der Waals surface area contributed by atoms with Gasteiger partial charge < -0.3 is 9.30 Å². The molecule has 4 aromatic heterocycles. The monoisotopic (exact) mass is 560 g/mol. The first-order chi connectivity index (χ1) is 19.9. The quantitative estimate of drug-likeness (QED) is 0.228. The van der Waals surface area contributed by atoms with Crippen LogP contribution in [0.1, 0.15) is 61.9 Å². The van der Waals surface area contributed by atoms with Crippen LogP contribution in [0.2, 0.25) is 0 Å². The highest BCUT2D eigenvalue weighted by molar-refractivity contribution is 5.77. The van der Waals surface area contributed by atoms with Gasteiger partial charge in [0.2, 0.25) is 5.88 Å². The highest BCUT2D eigenvalue weighted by Crippen LogP contribution is 2.45. The molecule has 0 amide bonds. The van der Waals surface area contributed by atoms with E-state index >= 15 is 0 Å². The Morgan fingerprint density at radius 3 is 2.46 bits per heavy atom. The molecular formula is C29H27F3N8O. The second-order valence-electron chi connectivity index (χ2n) is 10.6. The van der Waals surface area contributed by atoms with Crippen molar-refractivity contribution in [2.24, 2.45) is 0 Å². The summed E-state index contributed by atoms with van der Waals surface area (Å²) in [6.45, 7) is 2.59. The smallest absolute Gasteiger partial charge is 0.434 e. The third kappa shape index (κ3) is 4.91. The van der Waals surface area contributed by atoms with Crippen LogP contribution in [0.3, 0.4) is 0 Å². The van der Waals surface area contributed by atoms with Gasteiger partial charge in [-0.25, -0.2) is 29.6 Å². The lowest BCUT2D eigenvalue weighted by molar-refractivity contribution is -0.140. The molecule has 4 heterocycles. The summed E-state index contributed by atoms with van der Waals surface area (Å²) in [4.78, 5) is 22.4. The zero-order chi connectivity index (χ0) is 28.1. The van der Waals surface area contributed by atoms with Crippen molar-refractivity contribution in [2.45, 2.75) is 70.3 Å². The maximum Gasteiger partial charge on any atom is 0.434 e. The summed E-state index contributed by atoms with van der Waals surface area (Å²) in [7, 11) is 0. The van der Waals surface area contributed by atoms with E-state index in [1.807, 2.05) is 12.1 Å². The molecule has 0 aliphatic heterocycles. The van der Waals surface area contributed by atoms with E-state index in [1.54, 1.807) is 42.5 Å². The van der Waals surface area contributed by atoms with E-state index in [4.69, 9.17) is 9.72 Å². The molecule has 0 spiro atoms. The van der Waals surface area contributed by atoms with Gasteiger partial charge >= 0.3 is 6.18 Å². The fourth-order valence-electron chi connectivity index (χ4n) is 5.05. The van der Waals surface area contributed by atoms with E-state index in [0.717, 1.165) is 60.5 Å². The number of alkyl halides is 3. The summed E-state index contributed by atoms with van der Waals surface area (Å²) in [6.07, 6.45) is 7.06. The summed E-state index contributed by atoms with van der Waals surface area (Å²) >= 11 is 0. The summed E-state index contributed by atoms with van der Waals surface area (Å²) < 4.78 is 49.2. The molecule has 41 heavy (non-hydrogen) atoms. The standard InChI is InChI=1S/C29H27F3N8O/c1-2-39-15-22(29(30,31)32)37-26(39)19-8-6-17(7-9-19)14-40-27-20(13-36-40)12-33-25(38-27)23-24(18-10-11-18)34-16-35-28(23)41-21-4-3-5-21/h6-9,12-13,15-16,18,21H,2-5,10-11,14H2,1H3. The summed E-state index contributed by atoms with van der Waals surface area (Å²) in [5, 5.41) is 5.33. The number of ether oxygens (including phenoxy) is 1. The molecule has 2 fully saturated rings. The van der Waals surface area contributed by atoms with Gasteiger partial charge in [-0.1, -0.05) is 24.3 Å². The number of imidazole rings is 1. The van der Waals surface area contributed by atoms with E-state index in [1.165, 1.54) is 4.57 Å². The van der Waals surface area contributed by atoms with Gasteiger partial charge in [-0.05, 0) is 44.6 Å². The van der Waals surface area contributed by atoms with Gasteiger partial charge in [0.15, 0.2) is 17.2 Å². The number of nitrogens with zero attached hydrogens (tertiary/aromatic N) is 8. The minimum atomic E-state index is -4.49. The summed E-state index contributed by atoms with van der Waals surface area (Å²) in [6, 6.07) is 7.30. The van der Waals surface area contributed by atoms with Crippen LogP contribution in [0.5, 0.6) is 5.88 Å². The highest BCUT2D eigenvalue weighted by Gasteiger charge is 2.35. The fourth-order valence-corrected chi connectivity index (χ4v) is 5.05. The maximum atomic E-state index is 13.2. The molecule has 7 rings (SSSR count). The molecule has 0 atom stereocenters. The Kier molecular flexibility index (Phi) is 6.20. The molecule has 12 heteroatoms. The molecule has 5 aromatic rings. The van der Waals surface area contributed by atoms with E-state index in [2.05, 4.69) is 25.0 Å². The Balaban J connectivity index is 1.19. The number of fused-ring (bicyclic) bond motifs is 1. The average molecular weight is 561 g/mol. The SMILES string of the molecule is CCn1cc(C(F)(F)F)nc1-c1ccc(Cn2ncc3cnc(-c4c(OC5CCC5)ncnc4C4CC4)nc32)cc1. The number of rotatable bonds is 8. The number of benzene rings is 1. The molecule has 1 aromatic carbocycles. The summed E-state index contributed by atoms with van der Waals surface area (Å²) in [5.41, 5.74) is 2.97. The van der Waals surface area contributed by atoms with Gasteiger partial charge in [0, 0.05) is 30.4 Å². The predicted molar refractivity (Wildman–Crippen MR) is 144 cm³/mol. The molecule has 2 aliphatic carbocycles. The molecule has 0 unspecified atom stereocenters. The number of hydrogen-bond acceptors (Lipinski definition) is 7. The maximum absolute atomic E-state index is 13.2. The highest BCUT2D eigenvalue weighted by atomic mass is 19.4. The Labute approximate surface area is 233 Å². The minimum Gasteiger partial charge on any atom is -0.474 e. The lowest BCUT2D eigenvalue weighted by Crippen LogP contribution is -2.25. The van der Waals surface area contributed by atoms with Crippen LogP contribution in [-0.2, 0) is 19.3 Å². The normalized spacial score (nSPS) is 15.8. The van der Waals surface area contributed by atoms with Gasteiger partial charge in [0.1, 0.15) is 23.8 Å². The van der Waals surface area contributed by atoms with E-state index in [9.17, 15) is 13.2 Å². The average Bonchev–Trinajstić information content (AvgIpc) is 3.57. The Hall–Kier alpha value is -4.35. The van der Waals surface area contributed by atoms with Gasteiger partial charge in [0.05, 0.1) is 23.8 Å². The number of aromatic nitrogens is 8. The van der Waals surface area contributed by atoms with Crippen LogP contribution in [-0.4, -0.2) is 45.4 Å². The topological polar surface area (TPSA) is 96.4 Å². The Morgan fingerprint density at radius 1 is 0.976 bits per heavy atom. The fraction of sp³-hybridized carbons (Fsp3) is 0.379. The van der Waals surface area contributed by atoms with Crippen molar-refractivity contribution >= 4 is 11.0 Å². The van der Waals surface area contributed by atoms with Crippen molar-refractivity contribution in [3.63, 3.8) is 0 Å². The van der Waals surface area contributed by atoms with E-state index in [-0.39, 0.29) is 11.9 Å². The van der Waals surface area contributed by atoms with Crippen LogP contribution < -0.4 is 4.74 Å². The second-order valence-corrected chi connectivity index (χ2v) is 10.6. The van der Waals surface area contributed by atoms with Crippen molar-refractivity contribution < 1.29 is 17.9 Å². The molecule has 0 bridgehead atoms. The molecule has 0 radical (unpaired) electrons. The zero-order valence-corrected chi connectivity index (χ0v) is 22.3. The molecule has 2 aliphatic rings. The molecule has 2 saturated carbocycles. The lowest BCUT2D eigenvalue weighted by Gasteiger charge is -2.26. The minimum absolute atomic E-state index is 0.156. The predicted octanol–water partition coefficient (Wildman–Crippen LogP) is 6.04. The number of hydrogen-bond donors (Lipinski definition) is 0. The molecule has 0 N–H and O–H groups in total. The van der Waals surface area contributed by atoms with Crippen LogP contribution in [0.4, 0.5) is 13.2 Å².